The van der Waals surface area contributed by atoms with E-state index in [0.717, 1.165) is 52.2 Å². The first kappa shape index (κ1) is 22.2. The summed E-state index contributed by atoms with van der Waals surface area (Å²) in [5.41, 5.74) is 0.449. The highest BCUT2D eigenvalue weighted by molar-refractivity contribution is 5.81. The second kappa shape index (κ2) is 12.4. The van der Waals surface area contributed by atoms with E-state index < -0.39 is 6.10 Å². The maximum Gasteiger partial charge on any atom is 0.263 e. The molecule has 154 valence electrons. The van der Waals surface area contributed by atoms with E-state index in [1.165, 1.54) is 12.8 Å². The molecule has 0 spiro atoms. The van der Waals surface area contributed by atoms with Crippen molar-refractivity contribution in [3.63, 3.8) is 0 Å². The molecule has 6 nitrogen and oxygen atoms in total. The van der Waals surface area contributed by atoms with Gasteiger partial charge in [-0.3, -0.25) is 9.69 Å². The van der Waals surface area contributed by atoms with Crippen LogP contribution in [0, 0.1) is 11.3 Å². The Labute approximate surface area is 169 Å². The fourth-order valence-electron chi connectivity index (χ4n) is 3.31. The molecule has 1 atom stereocenters. The maximum absolute atomic E-state index is 13.1. The number of carbonyl (C=O) groups is 1. The van der Waals surface area contributed by atoms with Gasteiger partial charge in [-0.15, -0.1) is 0 Å². The van der Waals surface area contributed by atoms with Crippen LogP contribution in [-0.4, -0.2) is 67.7 Å². The Balaban J connectivity index is 1.95. The van der Waals surface area contributed by atoms with Gasteiger partial charge in [0.2, 0.25) is 0 Å². The van der Waals surface area contributed by atoms with Crippen molar-refractivity contribution in [1.29, 1.82) is 5.26 Å². The van der Waals surface area contributed by atoms with Crippen molar-refractivity contribution in [2.45, 2.75) is 45.6 Å². The van der Waals surface area contributed by atoms with Gasteiger partial charge in [0.15, 0.2) is 6.10 Å². The SMILES string of the molecule is CCCCCCN(CCN1CCOCC1)C(=O)[C@@H](C)Oc1ccccc1C#N. The molecule has 0 N–H and O–H groups in total. The molecule has 2 rings (SSSR count). The predicted octanol–water partition coefficient (Wildman–Crippen LogP) is 3.07. The zero-order chi connectivity index (χ0) is 20.2. The number of nitriles is 1. The molecule has 1 aliphatic rings. The van der Waals surface area contributed by atoms with E-state index >= 15 is 0 Å². The van der Waals surface area contributed by atoms with Gasteiger partial charge in [-0.1, -0.05) is 38.3 Å². The molecule has 0 saturated carbocycles. The summed E-state index contributed by atoms with van der Waals surface area (Å²) in [4.78, 5) is 17.3. The molecule has 1 aromatic rings. The summed E-state index contributed by atoms with van der Waals surface area (Å²) >= 11 is 0. The number of ether oxygens (including phenoxy) is 2. The Morgan fingerprint density at radius 1 is 1.25 bits per heavy atom. The number of benzene rings is 1. The van der Waals surface area contributed by atoms with E-state index in [-0.39, 0.29) is 5.91 Å². The van der Waals surface area contributed by atoms with Gasteiger partial charge in [0.1, 0.15) is 11.8 Å². The van der Waals surface area contributed by atoms with Gasteiger partial charge in [0.25, 0.3) is 5.91 Å². The third-order valence-electron chi connectivity index (χ3n) is 5.04. The number of rotatable bonds is 11. The van der Waals surface area contributed by atoms with Gasteiger partial charge in [-0.2, -0.15) is 5.26 Å². The van der Waals surface area contributed by atoms with Crippen LogP contribution in [0.5, 0.6) is 5.75 Å². The quantitative estimate of drug-likeness (QED) is 0.546. The zero-order valence-electron chi connectivity index (χ0n) is 17.2. The minimum Gasteiger partial charge on any atom is -0.480 e. The lowest BCUT2D eigenvalue weighted by Crippen LogP contribution is -2.46. The molecule has 0 unspecified atom stereocenters. The highest BCUT2D eigenvalue weighted by Crippen LogP contribution is 2.19. The number of nitrogens with zero attached hydrogens (tertiary/aromatic N) is 3. The topological polar surface area (TPSA) is 65.8 Å². The fraction of sp³-hybridized carbons (Fsp3) is 0.636. The number of carbonyl (C=O) groups excluding carboxylic acids is 1. The Hall–Kier alpha value is -2.10. The summed E-state index contributed by atoms with van der Waals surface area (Å²) in [6, 6.07) is 9.16. The van der Waals surface area contributed by atoms with Crippen LogP contribution in [0.1, 0.15) is 45.1 Å². The molecular formula is C22H33N3O3. The smallest absolute Gasteiger partial charge is 0.263 e. The number of hydrogen-bond acceptors (Lipinski definition) is 5. The molecule has 28 heavy (non-hydrogen) atoms. The van der Waals surface area contributed by atoms with Crippen molar-refractivity contribution < 1.29 is 14.3 Å². The van der Waals surface area contributed by atoms with Crippen LogP contribution in [-0.2, 0) is 9.53 Å². The average molecular weight is 388 g/mol. The molecule has 0 bridgehead atoms. The predicted molar refractivity (Wildman–Crippen MR) is 109 cm³/mol. The largest absolute Gasteiger partial charge is 0.480 e. The average Bonchev–Trinajstić information content (AvgIpc) is 2.74. The monoisotopic (exact) mass is 387 g/mol. The first-order chi connectivity index (χ1) is 13.7. The molecule has 0 radical (unpaired) electrons. The standard InChI is InChI=1S/C22H33N3O3/c1-3-4-5-8-11-25(13-12-24-14-16-27-17-15-24)22(26)19(2)28-21-10-7-6-9-20(21)18-23/h6-7,9-10,19H,3-5,8,11-17H2,1-2H3/t19-/m1/s1. The molecule has 0 aliphatic carbocycles. The van der Waals surface area contributed by atoms with Gasteiger partial charge < -0.3 is 14.4 Å². The normalized spacial score (nSPS) is 15.6. The van der Waals surface area contributed by atoms with Crippen molar-refractivity contribution in [3.05, 3.63) is 29.8 Å². The third kappa shape index (κ3) is 7.14. The highest BCUT2D eigenvalue weighted by Gasteiger charge is 2.23. The highest BCUT2D eigenvalue weighted by atomic mass is 16.5. The minimum atomic E-state index is -0.620. The number of unbranched alkanes of at least 4 members (excludes halogenated alkanes) is 3. The van der Waals surface area contributed by atoms with Gasteiger partial charge in [-0.25, -0.2) is 0 Å². The Bertz CT molecular complexity index is 638. The lowest BCUT2D eigenvalue weighted by Gasteiger charge is -2.31. The molecule has 1 aromatic carbocycles. The van der Waals surface area contributed by atoms with Crippen molar-refractivity contribution >= 4 is 5.91 Å². The van der Waals surface area contributed by atoms with Crippen molar-refractivity contribution in [1.82, 2.24) is 9.80 Å². The summed E-state index contributed by atoms with van der Waals surface area (Å²) in [6.07, 6.45) is 3.87. The first-order valence-corrected chi connectivity index (χ1v) is 10.4. The molecule has 1 aliphatic heterocycles. The van der Waals surface area contributed by atoms with Crippen LogP contribution >= 0.6 is 0 Å². The molecule has 1 saturated heterocycles. The van der Waals surface area contributed by atoms with Crippen LogP contribution in [0.4, 0.5) is 0 Å². The number of morpholine rings is 1. The third-order valence-corrected chi connectivity index (χ3v) is 5.04. The summed E-state index contributed by atoms with van der Waals surface area (Å²) in [5, 5.41) is 9.23. The van der Waals surface area contributed by atoms with Gasteiger partial charge in [-0.05, 0) is 25.5 Å². The summed E-state index contributed by atoms with van der Waals surface area (Å²) in [5.74, 6) is 0.447. The van der Waals surface area contributed by atoms with Crippen molar-refractivity contribution in [2.75, 3.05) is 45.9 Å². The molecular weight excluding hydrogens is 354 g/mol. The molecule has 0 aromatic heterocycles. The zero-order valence-corrected chi connectivity index (χ0v) is 17.2. The number of para-hydroxylation sites is 1. The van der Waals surface area contributed by atoms with E-state index in [2.05, 4.69) is 17.9 Å². The van der Waals surface area contributed by atoms with Gasteiger partial charge in [0, 0.05) is 32.7 Å². The maximum atomic E-state index is 13.1. The fourth-order valence-corrected chi connectivity index (χ4v) is 3.31. The Morgan fingerprint density at radius 3 is 2.71 bits per heavy atom. The lowest BCUT2D eigenvalue weighted by molar-refractivity contribution is -0.138. The van der Waals surface area contributed by atoms with E-state index in [0.29, 0.717) is 17.9 Å². The van der Waals surface area contributed by atoms with Gasteiger partial charge in [0.05, 0.1) is 18.8 Å². The van der Waals surface area contributed by atoms with Crippen LogP contribution in [0.3, 0.4) is 0 Å². The Morgan fingerprint density at radius 2 is 2.00 bits per heavy atom. The second-order valence-electron chi connectivity index (χ2n) is 7.21. The van der Waals surface area contributed by atoms with Crippen LogP contribution in [0.25, 0.3) is 0 Å². The van der Waals surface area contributed by atoms with E-state index in [9.17, 15) is 10.1 Å². The second-order valence-corrected chi connectivity index (χ2v) is 7.21. The van der Waals surface area contributed by atoms with Crippen molar-refractivity contribution in [3.8, 4) is 11.8 Å². The van der Waals surface area contributed by atoms with E-state index in [4.69, 9.17) is 9.47 Å². The van der Waals surface area contributed by atoms with E-state index in [1.807, 2.05) is 11.0 Å². The van der Waals surface area contributed by atoms with E-state index in [1.54, 1.807) is 25.1 Å². The summed E-state index contributed by atoms with van der Waals surface area (Å²) < 4.78 is 11.3. The molecule has 1 amide bonds. The first-order valence-electron chi connectivity index (χ1n) is 10.4. The van der Waals surface area contributed by atoms with Crippen molar-refractivity contribution in [2.24, 2.45) is 0 Å². The summed E-state index contributed by atoms with van der Waals surface area (Å²) in [7, 11) is 0. The molecule has 1 heterocycles. The minimum absolute atomic E-state index is 0.0162. The van der Waals surface area contributed by atoms with Gasteiger partial charge >= 0.3 is 0 Å². The van der Waals surface area contributed by atoms with Crippen LogP contribution in [0.15, 0.2) is 24.3 Å². The lowest BCUT2D eigenvalue weighted by atomic mass is 10.2. The number of amides is 1. The molecule has 6 heteroatoms. The Kier molecular flexibility index (Phi) is 9.81. The van der Waals surface area contributed by atoms with Crippen LogP contribution in [0.2, 0.25) is 0 Å². The summed E-state index contributed by atoms with van der Waals surface area (Å²) in [6.45, 7) is 9.59. The van der Waals surface area contributed by atoms with Crippen LogP contribution < -0.4 is 4.74 Å². The molecule has 1 fully saturated rings. The number of hydrogen-bond donors (Lipinski definition) is 0.